The molecule has 588 valence electrons. The van der Waals surface area contributed by atoms with Crippen LogP contribution in [-0.2, 0) is 133 Å². The molecule has 3 fully saturated rings. The number of carbonyl (C=O) groups excluding carboxylic acids is 2. The van der Waals surface area contributed by atoms with E-state index in [9.17, 15) is 25.2 Å². The number of esters is 1. The summed E-state index contributed by atoms with van der Waals surface area (Å²) in [5.74, 6) is -0.963. The minimum absolute atomic E-state index is 0.0321. The second-order valence-corrected chi connectivity index (χ2v) is 29.2. The van der Waals surface area contributed by atoms with Crippen molar-refractivity contribution < 1.29 is 90.3 Å². The van der Waals surface area contributed by atoms with Gasteiger partial charge in [0.2, 0.25) is 6.29 Å². The van der Waals surface area contributed by atoms with Crippen LogP contribution in [-0.4, -0.2) is 153 Å². The Kier molecular flexibility index (Phi) is 31.1. The molecule has 0 spiro atoms. The van der Waals surface area contributed by atoms with Crippen molar-refractivity contribution in [3.05, 3.63) is 308 Å². The molecule has 11 rings (SSSR count). The van der Waals surface area contributed by atoms with Crippen LogP contribution in [0.25, 0.3) is 10.4 Å². The van der Waals surface area contributed by atoms with E-state index in [0.29, 0.717) is 5.56 Å². The van der Waals surface area contributed by atoms with Crippen LogP contribution in [0.5, 0.6) is 0 Å². The lowest BCUT2D eigenvalue weighted by Gasteiger charge is -2.49. The number of carbonyl (C=O) groups is 2. The van der Waals surface area contributed by atoms with E-state index < -0.39 is 139 Å². The highest BCUT2D eigenvalue weighted by Crippen LogP contribution is 2.39. The van der Waals surface area contributed by atoms with Crippen molar-refractivity contribution in [2.75, 3.05) is 26.4 Å². The molecule has 1 N–H and O–H groups in total. The zero-order valence-corrected chi connectivity index (χ0v) is 63.3. The third kappa shape index (κ3) is 25.6. The molecule has 8 aromatic carbocycles. The van der Waals surface area contributed by atoms with E-state index in [4.69, 9.17) is 75.8 Å². The number of nitro groups is 1. The Morgan fingerprint density at radius 3 is 1.12 bits per heavy atom. The van der Waals surface area contributed by atoms with Gasteiger partial charge in [-0.15, -0.1) is 0 Å². The van der Waals surface area contributed by atoms with Gasteiger partial charge in [0.25, 0.3) is 6.04 Å². The van der Waals surface area contributed by atoms with Gasteiger partial charge in [-0.2, -0.15) is 0 Å². The van der Waals surface area contributed by atoms with Gasteiger partial charge in [-0.05, 0) is 91.6 Å². The monoisotopic (exact) mass is 1520 g/mol. The second kappa shape index (κ2) is 41.8. The van der Waals surface area contributed by atoms with Gasteiger partial charge in [0.15, 0.2) is 24.7 Å². The maximum absolute atomic E-state index is 14.7. The molecular formula is C86H99N5O20. The molecule has 3 heterocycles. The predicted molar refractivity (Wildman–Crippen MR) is 408 cm³/mol. The van der Waals surface area contributed by atoms with Gasteiger partial charge in [-0.1, -0.05) is 248 Å². The fourth-order valence-corrected chi connectivity index (χ4v) is 13.0. The quantitative estimate of drug-likeness (QED) is 0.00939. The smallest absolute Gasteiger partial charge is 0.408 e. The summed E-state index contributed by atoms with van der Waals surface area (Å²) in [6.07, 6.45) is -18.5. The van der Waals surface area contributed by atoms with Crippen molar-refractivity contribution in [3.63, 3.8) is 0 Å². The summed E-state index contributed by atoms with van der Waals surface area (Å²) in [6, 6.07) is 70.8. The van der Waals surface area contributed by atoms with E-state index in [0.717, 1.165) is 38.9 Å². The molecule has 0 radical (unpaired) electrons. The number of alkyl carbamates (subject to hydrolysis) is 1. The molecular weight excluding hydrogens is 1420 g/mol. The Hall–Kier alpha value is -9.35. The van der Waals surface area contributed by atoms with Crippen LogP contribution < -0.4 is 5.32 Å². The van der Waals surface area contributed by atoms with Gasteiger partial charge < -0.3 is 81.1 Å². The first-order valence-corrected chi connectivity index (χ1v) is 37.3. The fraction of sp³-hybridized carbons (Fsp3) is 0.419. The molecule has 0 aromatic heterocycles. The summed E-state index contributed by atoms with van der Waals surface area (Å²) >= 11 is 0. The van der Waals surface area contributed by atoms with Crippen LogP contribution >= 0.6 is 0 Å². The zero-order chi connectivity index (χ0) is 77.8. The SMILES string of the molecule is CC(C)(C)OC(=O)N[C@@H](CO[C@H]1O[C@H](CO[C@@H]2O[C@H](COCc3ccccc3)[C@@H](OCc3ccccc3)[C@H](OCc3ccccc3)[C@H]2N=[N+]=[N-])[C@H](OCc2ccccc2)[C@H](O[C@@H]2O[C@H](COCc3ccccc3)[C@H](OCc3ccccc3)[C@H](OCc3ccccc3)[C@H]2OCc2ccccc2)[C@H]1[N+](=O)[O-])C(=O)OC(C)(C)C. The van der Waals surface area contributed by atoms with Gasteiger partial charge in [0.1, 0.15) is 72.2 Å². The summed E-state index contributed by atoms with van der Waals surface area (Å²) in [7, 11) is 0. The van der Waals surface area contributed by atoms with Gasteiger partial charge in [-0.3, -0.25) is 10.1 Å². The van der Waals surface area contributed by atoms with Crippen molar-refractivity contribution in [1.82, 2.24) is 5.32 Å². The molecule has 16 atom stereocenters. The predicted octanol–water partition coefficient (Wildman–Crippen LogP) is 14.1. The Balaban J connectivity index is 1.03. The van der Waals surface area contributed by atoms with E-state index >= 15 is 0 Å². The number of ether oxygens (including phenoxy) is 16. The van der Waals surface area contributed by atoms with Crippen LogP contribution in [0, 0.1) is 10.1 Å². The lowest BCUT2D eigenvalue weighted by Crippen LogP contribution is -2.68. The van der Waals surface area contributed by atoms with Crippen molar-refractivity contribution in [3.8, 4) is 0 Å². The highest BCUT2D eigenvalue weighted by atomic mass is 16.8. The van der Waals surface area contributed by atoms with E-state index in [1.165, 1.54) is 0 Å². The minimum Gasteiger partial charge on any atom is -0.458 e. The Morgan fingerprint density at radius 1 is 0.414 bits per heavy atom. The van der Waals surface area contributed by atoms with Crippen LogP contribution in [0.2, 0.25) is 0 Å². The lowest BCUT2D eigenvalue weighted by atomic mass is 9.94. The first-order valence-electron chi connectivity index (χ1n) is 37.3. The number of azide groups is 1. The number of hydrogen-bond acceptors (Lipinski definition) is 21. The summed E-state index contributed by atoms with van der Waals surface area (Å²) in [4.78, 5) is 45.6. The topological polar surface area (TPSA) is 286 Å². The fourth-order valence-electron chi connectivity index (χ4n) is 13.0. The summed E-state index contributed by atoms with van der Waals surface area (Å²) in [6.45, 7) is 8.64. The molecule has 0 saturated carbocycles. The number of benzene rings is 8. The van der Waals surface area contributed by atoms with Gasteiger partial charge >= 0.3 is 12.1 Å². The zero-order valence-electron chi connectivity index (χ0n) is 63.3. The van der Waals surface area contributed by atoms with Crippen LogP contribution in [0.15, 0.2) is 248 Å². The largest absolute Gasteiger partial charge is 0.458 e. The van der Waals surface area contributed by atoms with Crippen molar-refractivity contribution >= 4 is 12.1 Å². The Morgan fingerprint density at radius 2 is 0.739 bits per heavy atom. The van der Waals surface area contributed by atoms with Crippen molar-refractivity contribution in [2.45, 2.75) is 204 Å². The second-order valence-electron chi connectivity index (χ2n) is 29.2. The number of amides is 1. The third-order valence-electron chi connectivity index (χ3n) is 18.3. The average Bonchev–Trinajstić information content (AvgIpc) is 0.763. The molecule has 25 heteroatoms. The van der Waals surface area contributed by atoms with Gasteiger partial charge in [0.05, 0.1) is 79.3 Å². The average molecular weight is 1520 g/mol. The maximum atomic E-state index is 14.7. The van der Waals surface area contributed by atoms with Gasteiger partial charge in [-0.25, -0.2) is 9.59 Å². The van der Waals surface area contributed by atoms with Crippen LogP contribution in [0.1, 0.15) is 86.1 Å². The molecule has 111 heavy (non-hydrogen) atoms. The Bertz CT molecular complexity index is 4100. The van der Waals surface area contributed by atoms with E-state index in [1.54, 1.807) is 41.5 Å². The number of rotatable bonds is 38. The molecule has 0 bridgehead atoms. The van der Waals surface area contributed by atoms with E-state index in [2.05, 4.69) is 15.3 Å². The molecule has 1 amide bonds. The normalized spacial score (nSPS) is 24.3. The molecule has 3 aliphatic heterocycles. The highest BCUT2D eigenvalue weighted by molar-refractivity contribution is 5.82. The number of nitrogens with zero attached hydrogens (tertiary/aromatic N) is 4. The van der Waals surface area contributed by atoms with Crippen molar-refractivity contribution in [2.24, 2.45) is 5.11 Å². The molecule has 25 nitrogen and oxygen atoms in total. The summed E-state index contributed by atoms with van der Waals surface area (Å²) < 4.78 is 109. The van der Waals surface area contributed by atoms with Crippen LogP contribution in [0.3, 0.4) is 0 Å². The lowest BCUT2D eigenvalue weighted by molar-refractivity contribution is -0.580. The number of hydrogen-bond donors (Lipinski definition) is 1. The highest BCUT2D eigenvalue weighted by Gasteiger charge is 2.60. The molecule has 8 aromatic rings. The van der Waals surface area contributed by atoms with E-state index in [1.807, 2.05) is 243 Å². The molecule has 3 aliphatic rings. The van der Waals surface area contributed by atoms with Crippen molar-refractivity contribution in [1.29, 1.82) is 0 Å². The molecule has 0 aliphatic carbocycles. The van der Waals surface area contributed by atoms with Crippen LogP contribution in [0.4, 0.5) is 4.79 Å². The molecule has 0 unspecified atom stereocenters. The summed E-state index contributed by atoms with van der Waals surface area (Å²) in [5.41, 5.74) is 15.0. The maximum Gasteiger partial charge on any atom is 0.408 e. The third-order valence-corrected chi connectivity index (χ3v) is 18.3. The first-order chi connectivity index (χ1) is 53.9. The van der Waals surface area contributed by atoms with Gasteiger partial charge in [0, 0.05) is 9.84 Å². The number of nitrogens with one attached hydrogen (secondary N) is 1. The van der Waals surface area contributed by atoms with E-state index in [-0.39, 0.29) is 66.1 Å². The standard InChI is InChI=1S/C86H99N5O20/c1-85(2,3)110-80(92)67(88-84(93)111-86(4,5)6)55-104-82-72(91(94)95)77(109-83-79(103-54-66-45-29-14-30-46-66)78(102-53-65-43-27-13-28-44-65)75(100-51-63-39-23-11-24-40-63)69(108-83)57-97-48-60-33-17-8-18-34-60)74(99-50-62-37-21-10-22-38-62)70(107-82)58-105-81-71(89-90-87)76(101-52-64-41-25-12-26-42-64)73(98-49-61-35-19-9-20-36-61)68(106-81)56-96-47-59-31-15-7-16-32-59/h7-46,67-79,81-83H,47-58H2,1-6H3,(H,88,93)/t67-,68+,69+,70+,71+,72+,73+,74-,75-,76+,77+,78-,79+,81+,82-,83-/m0/s1. The molecule has 3 saturated heterocycles. The Labute approximate surface area is 647 Å². The first kappa shape index (κ1) is 82.6. The minimum atomic E-state index is -2.10. The summed E-state index contributed by atoms with van der Waals surface area (Å²) in [5, 5.41) is 21.7.